The number of nitrogens with zero attached hydrogens (tertiary/aromatic N) is 5. The van der Waals surface area contributed by atoms with E-state index in [9.17, 15) is 0 Å². The summed E-state index contributed by atoms with van der Waals surface area (Å²) in [6.07, 6.45) is 5.96. The molecule has 5 rings (SSSR count). The second-order valence-electron chi connectivity index (χ2n) is 8.09. The lowest BCUT2D eigenvalue weighted by Gasteiger charge is -2.30. The van der Waals surface area contributed by atoms with Gasteiger partial charge in [-0.3, -0.25) is 0 Å². The summed E-state index contributed by atoms with van der Waals surface area (Å²) in [5, 5.41) is 9.53. The summed E-state index contributed by atoms with van der Waals surface area (Å²) in [4.78, 5) is 12.1. The Balaban J connectivity index is 1.38. The van der Waals surface area contributed by atoms with E-state index in [4.69, 9.17) is 4.98 Å². The van der Waals surface area contributed by atoms with Crippen LogP contribution in [0, 0.1) is 6.92 Å². The first-order valence-corrected chi connectivity index (χ1v) is 10.5. The van der Waals surface area contributed by atoms with E-state index in [2.05, 4.69) is 55.3 Å². The van der Waals surface area contributed by atoms with E-state index in [1.165, 1.54) is 36.0 Å². The molecule has 1 unspecified atom stereocenters. The number of fused-ring (bicyclic) bond motifs is 2. The molecule has 2 aromatic heterocycles. The monoisotopic (exact) mass is 376 g/mol. The zero-order chi connectivity index (χ0) is 18.9. The predicted octanol–water partition coefficient (Wildman–Crippen LogP) is 3.23. The molecule has 3 aromatic rings. The number of rotatable bonds is 4. The van der Waals surface area contributed by atoms with Crippen LogP contribution in [0.4, 0.5) is 5.82 Å². The van der Waals surface area contributed by atoms with Gasteiger partial charge >= 0.3 is 0 Å². The third-order valence-corrected chi connectivity index (χ3v) is 5.98. The highest BCUT2D eigenvalue weighted by molar-refractivity contribution is 5.81. The van der Waals surface area contributed by atoms with Crippen LogP contribution in [0.3, 0.4) is 0 Å². The average Bonchev–Trinajstić information content (AvgIpc) is 3.11. The maximum absolute atomic E-state index is 5.06. The lowest BCUT2D eigenvalue weighted by molar-refractivity contribution is 0.357. The van der Waals surface area contributed by atoms with Crippen LogP contribution >= 0.6 is 0 Å². The van der Waals surface area contributed by atoms with Gasteiger partial charge in [0.25, 0.3) is 0 Å². The highest BCUT2D eigenvalue weighted by Gasteiger charge is 2.22. The summed E-state index contributed by atoms with van der Waals surface area (Å²) in [5.41, 5.74) is 2.40. The molecule has 1 aromatic carbocycles. The van der Waals surface area contributed by atoms with Crippen molar-refractivity contribution in [2.45, 2.75) is 58.2 Å². The number of para-hydroxylation sites is 1. The van der Waals surface area contributed by atoms with E-state index < -0.39 is 0 Å². The van der Waals surface area contributed by atoms with Crippen molar-refractivity contribution >= 4 is 16.7 Å². The van der Waals surface area contributed by atoms with E-state index in [1.54, 1.807) is 0 Å². The molecule has 1 fully saturated rings. The van der Waals surface area contributed by atoms with Gasteiger partial charge in [-0.15, -0.1) is 0 Å². The maximum atomic E-state index is 5.06. The Morgan fingerprint density at radius 3 is 2.86 bits per heavy atom. The number of benzene rings is 1. The summed E-state index contributed by atoms with van der Waals surface area (Å²) >= 11 is 0. The quantitative estimate of drug-likeness (QED) is 0.758. The number of anilines is 1. The van der Waals surface area contributed by atoms with Gasteiger partial charge in [-0.25, -0.2) is 14.6 Å². The van der Waals surface area contributed by atoms with Crippen molar-refractivity contribution in [1.82, 2.24) is 25.1 Å². The zero-order valence-electron chi connectivity index (χ0n) is 16.6. The molecule has 146 valence electrons. The van der Waals surface area contributed by atoms with Crippen molar-refractivity contribution in [2.24, 2.45) is 0 Å². The Morgan fingerprint density at radius 1 is 1.11 bits per heavy atom. The predicted molar refractivity (Wildman–Crippen MR) is 112 cm³/mol. The van der Waals surface area contributed by atoms with Crippen molar-refractivity contribution in [2.75, 3.05) is 18.0 Å². The number of pyridine rings is 1. The minimum Gasteiger partial charge on any atom is -0.356 e. The molecule has 2 aliphatic rings. The fourth-order valence-electron chi connectivity index (χ4n) is 4.51. The Morgan fingerprint density at radius 2 is 1.96 bits per heavy atom. The average molecular weight is 377 g/mol. The van der Waals surface area contributed by atoms with Gasteiger partial charge in [0, 0.05) is 43.0 Å². The topological polar surface area (TPSA) is 58.9 Å². The Kier molecular flexibility index (Phi) is 4.72. The van der Waals surface area contributed by atoms with Crippen molar-refractivity contribution in [3.63, 3.8) is 0 Å². The van der Waals surface area contributed by atoms with E-state index in [-0.39, 0.29) is 0 Å². The van der Waals surface area contributed by atoms with Crippen molar-refractivity contribution in [1.29, 1.82) is 0 Å². The number of piperidine rings is 1. The Bertz CT molecular complexity index is 972. The van der Waals surface area contributed by atoms with Crippen LogP contribution in [0.15, 0.2) is 30.3 Å². The number of aryl methyl sites for hydroxylation is 2. The van der Waals surface area contributed by atoms with Crippen LogP contribution in [0.25, 0.3) is 10.9 Å². The number of hydrogen-bond acceptors (Lipinski definition) is 5. The normalized spacial score (nSPS) is 19.8. The molecular formula is C22H28N6. The van der Waals surface area contributed by atoms with Gasteiger partial charge in [0.15, 0.2) is 0 Å². The largest absolute Gasteiger partial charge is 0.356 e. The third-order valence-electron chi connectivity index (χ3n) is 5.98. The van der Waals surface area contributed by atoms with E-state index in [0.717, 1.165) is 56.2 Å². The molecule has 6 heteroatoms. The first kappa shape index (κ1) is 17.6. The van der Waals surface area contributed by atoms with Gasteiger partial charge < -0.3 is 10.2 Å². The Labute approximate surface area is 166 Å². The first-order chi connectivity index (χ1) is 13.8. The van der Waals surface area contributed by atoms with Crippen molar-refractivity contribution in [3.05, 3.63) is 47.5 Å². The minimum atomic E-state index is 0.425. The molecule has 2 aliphatic heterocycles. The highest BCUT2D eigenvalue weighted by atomic mass is 15.4. The molecule has 1 saturated heterocycles. The van der Waals surface area contributed by atoms with E-state index in [1.807, 2.05) is 6.92 Å². The lowest BCUT2D eigenvalue weighted by Crippen LogP contribution is -2.38. The molecule has 0 saturated carbocycles. The molecular weight excluding hydrogens is 348 g/mol. The smallest absolute Gasteiger partial charge is 0.147 e. The molecule has 28 heavy (non-hydrogen) atoms. The molecule has 6 nitrogen and oxygen atoms in total. The first-order valence-electron chi connectivity index (χ1n) is 10.5. The number of nitrogens with one attached hydrogen (secondary N) is 1. The number of aromatic nitrogens is 4. The molecule has 0 amide bonds. The summed E-state index contributed by atoms with van der Waals surface area (Å²) in [6, 6.07) is 11.2. The van der Waals surface area contributed by atoms with Crippen LogP contribution in [0.5, 0.6) is 0 Å². The van der Waals surface area contributed by atoms with Gasteiger partial charge in [0.05, 0.1) is 12.1 Å². The van der Waals surface area contributed by atoms with E-state index in [0.29, 0.717) is 6.04 Å². The van der Waals surface area contributed by atoms with E-state index >= 15 is 0 Å². The molecule has 0 bridgehead atoms. The zero-order valence-corrected chi connectivity index (χ0v) is 16.6. The second-order valence-corrected chi connectivity index (χ2v) is 8.09. The molecule has 4 heterocycles. The SMILES string of the molecule is Cc1nc2n(n1)CC(NCc1cc3ccccc3nc1N1CCCCC1)CC2. The highest BCUT2D eigenvalue weighted by Crippen LogP contribution is 2.26. The molecule has 1 N–H and O–H groups in total. The summed E-state index contributed by atoms with van der Waals surface area (Å²) in [7, 11) is 0. The van der Waals surface area contributed by atoms with Gasteiger partial charge in [0.2, 0.25) is 0 Å². The van der Waals surface area contributed by atoms with Crippen molar-refractivity contribution < 1.29 is 0 Å². The summed E-state index contributed by atoms with van der Waals surface area (Å²) in [6.45, 7) is 5.94. The number of hydrogen-bond donors (Lipinski definition) is 1. The van der Waals surface area contributed by atoms with Gasteiger partial charge in [-0.1, -0.05) is 18.2 Å². The second kappa shape index (κ2) is 7.51. The minimum absolute atomic E-state index is 0.425. The van der Waals surface area contributed by atoms with Crippen LogP contribution < -0.4 is 10.2 Å². The molecule has 0 aliphatic carbocycles. The van der Waals surface area contributed by atoms with Crippen LogP contribution in [-0.2, 0) is 19.5 Å². The molecule has 0 spiro atoms. The molecule has 0 radical (unpaired) electrons. The third kappa shape index (κ3) is 3.49. The molecule has 1 atom stereocenters. The van der Waals surface area contributed by atoms with Gasteiger partial charge in [0.1, 0.15) is 17.5 Å². The van der Waals surface area contributed by atoms with Gasteiger partial charge in [-0.05, 0) is 44.7 Å². The van der Waals surface area contributed by atoms with Gasteiger partial charge in [-0.2, -0.15) is 5.10 Å². The lowest BCUT2D eigenvalue weighted by atomic mass is 10.1. The van der Waals surface area contributed by atoms with Crippen LogP contribution in [-0.4, -0.2) is 38.9 Å². The fraction of sp³-hybridized carbons (Fsp3) is 0.500. The van der Waals surface area contributed by atoms with Crippen molar-refractivity contribution in [3.8, 4) is 0 Å². The summed E-state index contributed by atoms with van der Waals surface area (Å²) in [5.74, 6) is 3.16. The fourth-order valence-corrected chi connectivity index (χ4v) is 4.51. The standard InChI is InChI=1S/C22H28N6/c1-16-24-21-10-9-19(15-28(21)26-16)23-14-18-13-17-7-3-4-8-20(17)25-22(18)27-11-5-2-6-12-27/h3-4,7-8,13,19,23H,2,5-6,9-12,14-15H2,1H3. The van der Waals surface area contributed by atoms with Crippen LogP contribution in [0.1, 0.15) is 42.9 Å². The Hall–Kier alpha value is -2.47. The van der Waals surface area contributed by atoms with Crippen LogP contribution in [0.2, 0.25) is 0 Å². The summed E-state index contributed by atoms with van der Waals surface area (Å²) < 4.78 is 2.07. The maximum Gasteiger partial charge on any atom is 0.147 e.